The molecular weight excluding hydrogens is 426 g/mol. The summed E-state index contributed by atoms with van der Waals surface area (Å²) in [6.45, 7) is 1.05. The van der Waals surface area contributed by atoms with E-state index in [1.165, 1.54) is 0 Å². The number of nitrogens with zero attached hydrogens (tertiary/aromatic N) is 3. The van der Waals surface area contributed by atoms with E-state index in [9.17, 15) is 9.59 Å². The highest BCUT2D eigenvalue weighted by atomic mass is 35.5. The van der Waals surface area contributed by atoms with Gasteiger partial charge in [-0.2, -0.15) is 10.5 Å². The molecule has 7 nitrogen and oxygen atoms in total. The molecular formula is C24H26ClN5O2. The second-order valence-electron chi connectivity index (χ2n) is 7.91. The van der Waals surface area contributed by atoms with Gasteiger partial charge < -0.3 is 11.5 Å². The summed E-state index contributed by atoms with van der Waals surface area (Å²) in [7, 11) is 0. The van der Waals surface area contributed by atoms with Gasteiger partial charge in [-0.25, -0.2) is 0 Å². The van der Waals surface area contributed by atoms with Gasteiger partial charge in [-0.05, 0) is 54.7 Å². The molecule has 1 heterocycles. The summed E-state index contributed by atoms with van der Waals surface area (Å²) in [5.74, 6) is -2.25. The average Bonchev–Trinajstić information content (AvgIpc) is 3.16. The van der Waals surface area contributed by atoms with Crippen molar-refractivity contribution in [3.05, 3.63) is 70.8 Å². The van der Waals surface area contributed by atoms with Crippen LogP contribution in [0.2, 0.25) is 0 Å². The number of nitrogens with two attached hydrogens (primary N) is 2. The molecule has 2 aromatic carbocycles. The van der Waals surface area contributed by atoms with E-state index >= 15 is 0 Å². The number of amides is 2. The van der Waals surface area contributed by atoms with Gasteiger partial charge in [0.15, 0.2) is 0 Å². The number of hydrogen-bond acceptors (Lipinski definition) is 5. The van der Waals surface area contributed by atoms with Crippen molar-refractivity contribution in [3.63, 3.8) is 0 Å². The molecule has 0 spiro atoms. The zero-order valence-electron chi connectivity index (χ0n) is 17.6. The molecule has 0 saturated carbocycles. The Morgan fingerprint density at radius 2 is 1.38 bits per heavy atom. The molecule has 0 aliphatic carbocycles. The summed E-state index contributed by atoms with van der Waals surface area (Å²) in [5, 5.41) is 17.9. The molecule has 3 atom stereocenters. The number of benzene rings is 2. The number of likely N-dealkylation sites (tertiary alicyclic amines) is 1. The number of carbonyl (C=O) groups excluding carboxylic acids is 2. The highest BCUT2D eigenvalue weighted by Gasteiger charge is 2.46. The van der Waals surface area contributed by atoms with Gasteiger partial charge in [0.25, 0.3) is 0 Å². The summed E-state index contributed by atoms with van der Waals surface area (Å²) >= 11 is 0. The average molecular weight is 452 g/mol. The smallest absolute Gasteiger partial charge is 0.222 e. The van der Waals surface area contributed by atoms with Gasteiger partial charge in [0.2, 0.25) is 11.8 Å². The summed E-state index contributed by atoms with van der Waals surface area (Å²) in [5.41, 5.74) is 14.6. The van der Waals surface area contributed by atoms with Gasteiger partial charge in [0.05, 0.1) is 35.1 Å². The molecule has 32 heavy (non-hydrogen) atoms. The van der Waals surface area contributed by atoms with E-state index in [-0.39, 0.29) is 18.4 Å². The molecule has 2 amide bonds. The van der Waals surface area contributed by atoms with Crippen LogP contribution in [0.15, 0.2) is 48.5 Å². The van der Waals surface area contributed by atoms with E-state index in [1.807, 2.05) is 24.3 Å². The van der Waals surface area contributed by atoms with E-state index in [4.69, 9.17) is 22.0 Å². The van der Waals surface area contributed by atoms with Crippen molar-refractivity contribution in [2.45, 2.75) is 25.3 Å². The van der Waals surface area contributed by atoms with Gasteiger partial charge >= 0.3 is 0 Å². The van der Waals surface area contributed by atoms with Crippen LogP contribution < -0.4 is 11.5 Å². The fraction of sp³-hybridized carbons (Fsp3) is 0.333. The molecule has 4 N–H and O–H groups in total. The first-order chi connectivity index (χ1) is 14.9. The fourth-order valence-corrected chi connectivity index (χ4v) is 4.35. The molecule has 166 valence electrons. The summed E-state index contributed by atoms with van der Waals surface area (Å²) < 4.78 is 0. The van der Waals surface area contributed by atoms with Crippen LogP contribution in [0.25, 0.3) is 0 Å². The summed E-state index contributed by atoms with van der Waals surface area (Å²) in [6.07, 6.45) is 2.06. The van der Waals surface area contributed by atoms with Crippen molar-refractivity contribution in [2.75, 3.05) is 13.1 Å². The molecule has 0 radical (unpaired) electrons. The van der Waals surface area contributed by atoms with E-state index in [1.54, 1.807) is 24.3 Å². The van der Waals surface area contributed by atoms with Gasteiger partial charge in [-0.3, -0.25) is 14.5 Å². The highest BCUT2D eigenvalue weighted by molar-refractivity contribution is 5.87. The minimum absolute atomic E-state index is 0. The van der Waals surface area contributed by atoms with Crippen molar-refractivity contribution in [2.24, 2.45) is 23.3 Å². The monoisotopic (exact) mass is 451 g/mol. The first-order valence-electron chi connectivity index (χ1n) is 10.2. The van der Waals surface area contributed by atoms with Crippen LogP contribution in [0.1, 0.15) is 28.7 Å². The predicted molar refractivity (Wildman–Crippen MR) is 122 cm³/mol. The maximum atomic E-state index is 12.2. The fourth-order valence-electron chi connectivity index (χ4n) is 4.35. The van der Waals surface area contributed by atoms with Gasteiger partial charge in [-0.1, -0.05) is 24.3 Å². The zero-order valence-corrected chi connectivity index (χ0v) is 18.4. The Morgan fingerprint density at radius 3 is 1.81 bits per heavy atom. The van der Waals surface area contributed by atoms with Crippen LogP contribution in [0.3, 0.4) is 0 Å². The van der Waals surface area contributed by atoms with Crippen LogP contribution in [0, 0.1) is 34.5 Å². The van der Waals surface area contributed by atoms with Crippen LogP contribution in [-0.2, 0) is 22.4 Å². The molecule has 0 bridgehead atoms. The number of halogens is 1. The van der Waals surface area contributed by atoms with Crippen LogP contribution >= 0.6 is 12.4 Å². The van der Waals surface area contributed by atoms with Crippen molar-refractivity contribution in [3.8, 4) is 12.1 Å². The van der Waals surface area contributed by atoms with E-state index in [0.29, 0.717) is 37.1 Å². The maximum absolute atomic E-state index is 12.2. The predicted octanol–water partition coefficient (Wildman–Crippen LogP) is 1.91. The molecule has 8 heteroatoms. The van der Waals surface area contributed by atoms with Gasteiger partial charge in [0.1, 0.15) is 0 Å². The SMILES string of the molecule is Cl.N#Cc1ccc(CCC2C(C(N)=O)C(C(N)=O)CN2CCc2ccc(C#N)cc2)cc1. The standard InChI is InChI=1S/C24H25N5O2.ClH/c25-13-18-5-1-16(2-6-18)9-10-21-22(24(28)31)20(23(27)30)15-29(21)12-11-17-3-7-19(14-26)8-4-17;/h1-8,20-22H,9-12,15H2,(H2,27,30)(H2,28,31);1H. The molecule has 1 saturated heterocycles. The quantitative estimate of drug-likeness (QED) is 0.631. The lowest BCUT2D eigenvalue weighted by atomic mass is 9.86. The number of rotatable bonds is 8. The number of nitriles is 2. The van der Waals surface area contributed by atoms with Crippen LogP contribution in [-0.4, -0.2) is 35.8 Å². The molecule has 1 fully saturated rings. The molecule has 3 rings (SSSR count). The Morgan fingerprint density at radius 1 is 0.875 bits per heavy atom. The number of carbonyl (C=O) groups is 2. The van der Waals surface area contributed by atoms with Gasteiger partial charge in [0, 0.05) is 19.1 Å². The Kier molecular flexibility index (Phi) is 8.78. The second-order valence-corrected chi connectivity index (χ2v) is 7.91. The lowest BCUT2D eigenvalue weighted by Crippen LogP contribution is -2.42. The van der Waals surface area contributed by atoms with Crippen LogP contribution in [0.5, 0.6) is 0 Å². The van der Waals surface area contributed by atoms with Crippen molar-refractivity contribution in [1.82, 2.24) is 4.90 Å². The molecule has 3 unspecified atom stereocenters. The first-order valence-corrected chi connectivity index (χ1v) is 10.2. The van der Waals surface area contributed by atoms with Crippen molar-refractivity contribution in [1.29, 1.82) is 10.5 Å². The third-order valence-electron chi connectivity index (χ3n) is 6.02. The molecule has 1 aliphatic rings. The topological polar surface area (TPSA) is 137 Å². The van der Waals surface area contributed by atoms with Crippen molar-refractivity contribution < 1.29 is 9.59 Å². The molecule has 0 aromatic heterocycles. The van der Waals surface area contributed by atoms with Crippen molar-refractivity contribution >= 4 is 24.2 Å². The van der Waals surface area contributed by atoms with Crippen LogP contribution in [0.4, 0.5) is 0 Å². The number of hydrogen-bond donors (Lipinski definition) is 2. The Balaban J connectivity index is 0.00000363. The summed E-state index contributed by atoms with van der Waals surface area (Å²) in [6, 6.07) is 18.7. The second kappa shape index (κ2) is 11.3. The number of aryl methyl sites for hydroxylation is 1. The minimum Gasteiger partial charge on any atom is -0.369 e. The van der Waals surface area contributed by atoms with E-state index in [0.717, 1.165) is 17.5 Å². The Bertz CT molecular complexity index is 1020. The lowest BCUT2D eigenvalue weighted by molar-refractivity contribution is -0.130. The first kappa shape index (κ1) is 24.9. The van der Waals surface area contributed by atoms with E-state index < -0.39 is 23.7 Å². The Labute approximate surface area is 194 Å². The summed E-state index contributed by atoms with van der Waals surface area (Å²) in [4.78, 5) is 26.4. The largest absolute Gasteiger partial charge is 0.369 e. The zero-order chi connectivity index (χ0) is 22.4. The third kappa shape index (κ3) is 5.85. The normalized spacial score (nSPS) is 20.0. The Hall–Kier alpha value is -3.39. The third-order valence-corrected chi connectivity index (χ3v) is 6.02. The molecule has 1 aliphatic heterocycles. The molecule has 2 aromatic rings. The maximum Gasteiger partial charge on any atom is 0.222 e. The highest BCUT2D eigenvalue weighted by Crippen LogP contribution is 2.33. The van der Waals surface area contributed by atoms with Gasteiger partial charge in [-0.15, -0.1) is 12.4 Å². The van der Waals surface area contributed by atoms with E-state index in [2.05, 4.69) is 17.0 Å². The lowest BCUT2D eigenvalue weighted by Gasteiger charge is -2.27. The number of primary amides is 2. The minimum atomic E-state index is -0.628.